The Bertz CT molecular complexity index is 889. The van der Waals surface area contributed by atoms with Gasteiger partial charge >= 0.3 is 0 Å². The zero-order chi connectivity index (χ0) is 19.2. The van der Waals surface area contributed by atoms with Crippen molar-refractivity contribution in [1.82, 2.24) is 4.72 Å². The van der Waals surface area contributed by atoms with E-state index >= 15 is 0 Å². The molecule has 0 aliphatic carbocycles. The van der Waals surface area contributed by atoms with Gasteiger partial charge in [0, 0.05) is 0 Å². The predicted molar refractivity (Wildman–Crippen MR) is 105 cm³/mol. The van der Waals surface area contributed by atoms with Crippen LogP contribution in [-0.4, -0.2) is 21.6 Å². The molecule has 0 aliphatic rings. The highest BCUT2D eigenvalue weighted by atomic mass is 32.2. The number of benzene rings is 2. The van der Waals surface area contributed by atoms with Crippen molar-refractivity contribution in [2.75, 3.05) is 7.11 Å². The summed E-state index contributed by atoms with van der Waals surface area (Å²) in [4.78, 5) is 0.297. The van der Waals surface area contributed by atoms with E-state index in [1.54, 1.807) is 45.2 Å². The molecule has 1 N–H and O–H groups in total. The lowest BCUT2D eigenvalue weighted by Crippen LogP contribution is -2.35. The highest BCUT2D eigenvalue weighted by molar-refractivity contribution is 7.89. The topological polar surface area (TPSA) is 55.4 Å². The summed E-state index contributed by atoms with van der Waals surface area (Å²) >= 11 is 0. The van der Waals surface area contributed by atoms with Crippen LogP contribution in [0.25, 0.3) is 0 Å². The highest BCUT2D eigenvalue weighted by Gasteiger charge is 2.23. The van der Waals surface area contributed by atoms with Crippen LogP contribution in [0.1, 0.15) is 23.6 Å². The molecule has 0 radical (unpaired) electrons. The van der Waals surface area contributed by atoms with E-state index in [-0.39, 0.29) is 6.04 Å². The minimum absolute atomic E-state index is 0.297. The standard InChI is InChI=1S/C21H25NO3S/c1-5-6-12-19(15-18-10-8-7-9-11-18)22-26(23,24)21-16(2)13-20(25-4)14-17(21)3/h5,7-14,19,22H,15H2,1-4H3/t6?,19-/m1/s1. The van der Waals surface area contributed by atoms with Crippen LogP contribution in [0.4, 0.5) is 0 Å². The number of methoxy groups -OCH3 is 1. The van der Waals surface area contributed by atoms with Crippen LogP contribution in [-0.2, 0) is 16.4 Å². The molecule has 5 heteroatoms. The number of rotatable bonds is 7. The molecule has 0 saturated carbocycles. The van der Waals surface area contributed by atoms with Crippen LogP contribution in [0.5, 0.6) is 5.75 Å². The zero-order valence-electron chi connectivity index (χ0n) is 15.6. The van der Waals surface area contributed by atoms with Gasteiger partial charge in [0.15, 0.2) is 0 Å². The Balaban J connectivity index is 2.36. The maximum absolute atomic E-state index is 13.0. The Kier molecular flexibility index (Phi) is 6.81. The Hall–Kier alpha value is -2.33. The molecular formula is C21H25NO3S. The molecule has 0 unspecified atom stereocenters. The summed E-state index contributed by atoms with van der Waals surface area (Å²) in [5.41, 5.74) is 5.36. The first kappa shape index (κ1) is 20.0. The Morgan fingerprint density at radius 2 is 1.77 bits per heavy atom. The zero-order valence-corrected chi connectivity index (χ0v) is 16.4. The summed E-state index contributed by atoms with van der Waals surface area (Å²) in [6.07, 6.45) is 4.06. The summed E-state index contributed by atoms with van der Waals surface area (Å²) in [6.45, 7) is 5.40. The molecule has 0 amide bonds. The van der Waals surface area contributed by atoms with Crippen LogP contribution in [0.15, 0.2) is 65.2 Å². The van der Waals surface area contributed by atoms with Crippen molar-refractivity contribution >= 4 is 10.0 Å². The van der Waals surface area contributed by atoms with E-state index in [1.807, 2.05) is 37.3 Å². The lowest BCUT2D eigenvalue weighted by Gasteiger charge is -2.18. The van der Waals surface area contributed by atoms with E-state index in [0.717, 1.165) is 5.56 Å². The first-order valence-corrected chi connectivity index (χ1v) is 9.94. The molecule has 2 rings (SSSR count). The lowest BCUT2D eigenvalue weighted by molar-refractivity contribution is 0.413. The number of nitrogens with one attached hydrogen (secondary N) is 1. The Morgan fingerprint density at radius 1 is 1.15 bits per heavy atom. The maximum atomic E-state index is 13.0. The van der Waals surface area contributed by atoms with Crippen LogP contribution in [0.3, 0.4) is 0 Å². The number of sulfonamides is 1. The molecule has 0 aromatic heterocycles. The average Bonchev–Trinajstić information content (AvgIpc) is 2.59. The summed E-state index contributed by atoms with van der Waals surface area (Å²) in [5.74, 6) is 0.647. The monoisotopic (exact) mass is 371 g/mol. The minimum Gasteiger partial charge on any atom is -0.497 e. The third kappa shape index (κ3) is 5.09. The fraction of sp³-hybridized carbons (Fsp3) is 0.286. The molecule has 0 fully saturated rings. The van der Waals surface area contributed by atoms with Crippen LogP contribution >= 0.6 is 0 Å². The smallest absolute Gasteiger partial charge is 0.241 e. The van der Waals surface area contributed by atoms with Crippen molar-refractivity contribution in [3.05, 3.63) is 77.0 Å². The third-order valence-corrected chi connectivity index (χ3v) is 5.80. The van der Waals surface area contributed by atoms with Crippen molar-refractivity contribution in [3.8, 4) is 5.75 Å². The predicted octanol–water partition coefficient (Wildman–Crippen LogP) is 3.93. The second-order valence-corrected chi connectivity index (χ2v) is 7.78. The van der Waals surface area contributed by atoms with E-state index in [2.05, 4.69) is 10.5 Å². The highest BCUT2D eigenvalue weighted by Crippen LogP contribution is 2.26. The summed E-state index contributed by atoms with van der Waals surface area (Å²) in [6, 6.07) is 12.9. The molecule has 2 aromatic rings. The van der Waals surface area contributed by atoms with E-state index in [1.165, 1.54) is 0 Å². The average molecular weight is 372 g/mol. The van der Waals surface area contributed by atoms with Crippen molar-refractivity contribution in [2.24, 2.45) is 0 Å². The third-order valence-electron chi connectivity index (χ3n) is 4.01. The van der Waals surface area contributed by atoms with E-state index in [4.69, 9.17) is 4.74 Å². The minimum atomic E-state index is -3.69. The van der Waals surface area contributed by atoms with Crippen LogP contribution in [0.2, 0.25) is 0 Å². The molecule has 0 spiro atoms. The normalized spacial score (nSPS) is 12.2. The van der Waals surface area contributed by atoms with E-state index < -0.39 is 10.0 Å². The van der Waals surface area contributed by atoms with Gasteiger partial charge in [-0.05, 0) is 68.2 Å². The molecule has 0 bridgehead atoms. The molecule has 2 aromatic carbocycles. The molecule has 0 heterocycles. The van der Waals surface area contributed by atoms with Crippen LogP contribution in [0, 0.1) is 13.8 Å². The van der Waals surface area contributed by atoms with Gasteiger partial charge in [-0.25, -0.2) is 13.1 Å². The van der Waals surface area contributed by atoms with Crippen molar-refractivity contribution in [2.45, 2.75) is 38.1 Å². The second kappa shape index (κ2) is 8.86. The maximum Gasteiger partial charge on any atom is 0.241 e. The van der Waals surface area contributed by atoms with E-state index in [0.29, 0.717) is 28.2 Å². The van der Waals surface area contributed by atoms with Crippen molar-refractivity contribution in [1.29, 1.82) is 0 Å². The quantitative estimate of drug-likeness (QED) is 0.750. The second-order valence-electron chi connectivity index (χ2n) is 6.13. The Morgan fingerprint density at radius 3 is 2.31 bits per heavy atom. The van der Waals surface area contributed by atoms with Gasteiger partial charge in [0.1, 0.15) is 5.75 Å². The molecule has 26 heavy (non-hydrogen) atoms. The molecular weight excluding hydrogens is 346 g/mol. The van der Waals surface area contributed by atoms with Gasteiger partial charge in [-0.1, -0.05) is 30.3 Å². The molecule has 0 aliphatic heterocycles. The number of ether oxygens (including phenoxy) is 1. The first-order valence-electron chi connectivity index (χ1n) is 8.46. The largest absolute Gasteiger partial charge is 0.497 e. The molecule has 1 atom stereocenters. The first-order chi connectivity index (χ1) is 12.4. The number of hydrogen-bond acceptors (Lipinski definition) is 3. The SMILES string of the molecule is CC=C=C[C@H](Cc1ccccc1)NS(=O)(=O)c1c(C)cc(OC)cc1C. The van der Waals surface area contributed by atoms with Gasteiger partial charge < -0.3 is 4.74 Å². The number of aryl methyl sites for hydroxylation is 2. The van der Waals surface area contributed by atoms with Gasteiger partial charge in [-0.3, -0.25) is 0 Å². The Labute approximate surface area is 156 Å². The fourth-order valence-corrected chi connectivity index (χ4v) is 4.56. The van der Waals surface area contributed by atoms with Gasteiger partial charge in [0.05, 0.1) is 18.0 Å². The molecule has 0 saturated heterocycles. The van der Waals surface area contributed by atoms with Crippen molar-refractivity contribution < 1.29 is 13.2 Å². The van der Waals surface area contributed by atoms with Gasteiger partial charge in [0.25, 0.3) is 0 Å². The van der Waals surface area contributed by atoms with Crippen molar-refractivity contribution in [3.63, 3.8) is 0 Å². The van der Waals surface area contributed by atoms with Gasteiger partial charge in [-0.15, -0.1) is 5.73 Å². The number of hydrogen-bond donors (Lipinski definition) is 1. The van der Waals surface area contributed by atoms with E-state index in [9.17, 15) is 8.42 Å². The fourth-order valence-electron chi connectivity index (χ4n) is 2.93. The molecule has 138 valence electrons. The van der Waals surface area contributed by atoms with Gasteiger partial charge in [0.2, 0.25) is 10.0 Å². The van der Waals surface area contributed by atoms with Gasteiger partial charge in [-0.2, -0.15) is 0 Å². The van der Waals surface area contributed by atoms with Crippen LogP contribution < -0.4 is 9.46 Å². The molecule has 4 nitrogen and oxygen atoms in total. The summed E-state index contributed by atoms with van der Waals surface area (Å²) < 4.78 is 34.1. The lowest BCUT2D eigenvalue weighted by atomic mass is 10.1. The summed E-state index contributed by atoms with van der Waals surface area (Å²) in [5, 5.41) is 0. The summed E-state index contributed by atoms with van der Waals surface area (Å²) in [7, 11) is -2.12.